The van der Waals surface area contributed by atoms with Gasteiger partial charge in [-0.2, -0.15) is 23.5 Å². The van der Waals surface area contributed by atoms with Crippen LogP contribution in [0.2, 0.25) is 0 Å². The largest absolute Gasteiger partial charge is 0.492 e. The molecule has 2 aliphatic heterocycles. The fourth-order valence-electron chi connectivity index (χ4n) is 5.53. The maximum atomic E-state index is 6.08. The number of hydrogen-bond acceptors (Lipinski definition) is 4. The van der Waals surface area contributed by atoms with Gasteiger partial charge in [0, 0.05) is 22.0 Å². The zero-order valence-corrected chi connectivity index (χ0v) is 21.7. The van der Waals surface area contributed by atoms with Crippen molar-refractivity contribution in [3.05, 3.63) is 130 Å². The Morgan fingerprint density at radius 2 is 1.00 bits per heavy atom. The van der Waals surface area contributed by atoms with Crippen molar-refractivity contribution in [3.63, 3.8) is 0 Å². The van der Waals surface area contributed by atoms with Gasteiger partial charge in [-0.05, 0) is 64.1 Å². The van der Waals surface area contributed by atoms with E-state index in [1.807, 2.05) is 23.5 Å². The van der Waals surface area contributed by atoms with E-state index in [4.69, 9.17) is 9.47 Å². The summed E-state index contributed by atoms with van der Waals surface area (Å²) in [5.74, 6) is 4.32. The first-order valence-corrected chi connectivity index (χ1v) is 14.8. The van der Waals surface area contributed by atoms with Gasteiger partial charge < -0.3 is 9.47 Å². The molecular formula is C32H28O2S2. The van der Waals surface area contributed by atoms with Crippen molar-refractivity contribution in [1.29, 1.82) is 0 Å². The summed E-state index contributed by atoms with van der Waals surface area (Å²) in [4.78, 5) is 0. The third kappa shape index (κ3) is 4.10. The average Bonchev–Trinajstić information content (AvgIpc) is 3.86. The van der Waals surface area contributed by atoms with Gasteiger partial charge >= 0.3 is 0 Å². The first kappa shape index (κ1) is 22.4. The molecule has 2 saturated heterocycles. The normalized spacial score (nSPS) is 20.7. The standard InChI is InChI=1S/C32H28O2S2/c1-3-7-30-22(5-1)17-23-6-2-4-8-31(23)32(30,24-9-13-26(14-10-24)33-18-28-20-35-28)25-11-15-27(16-12-25)34-19-29-21-36-29/h1-16,28-29H,17-21H2. The number of thioether (sulfide) groups is 2. The van der Waals surface area contributed by atoms with Crippen LogP contribution in [0.4, 0.5) is 0 Å². The molecule has 0 bridgehead atoms. The quantitative estimate of drug-likeness (QED) is 0.211. The molecule has 2 nitrogen and oxygen atoms in total. The molecule has 0 N–H and O–H groups in total. The average molecular weight is 509 g/mol. The molecule has 2 unspecified atom stereocenters. The number of hydrogen-bond donors (Lipinski definition) is 0. The molecule has 2 atom stereocenters. The van der Waals surface area contributed by atoms with Crippen LogP contribution in [-0.4, -0.2) is 35.2 Å². The van der Waals surface area contributed by atoms with Gasteiger partial charge in [0.15, 0.2) is 0 Å². The van der Waals surface area contributed by atoms with E-state index in [2.05, 4.69) is 97.1 Å². The topological polar surface area (TPSA) is 18.5 Å². The number of fused-ring (bicyclic) bond motifs is 2. The molecule has 0 spiro atoms. The van der Waals surface area contributed by atoms with E-state index < -0.39 is 5.41 Å². The third-order valence-electron chi connectivity index (χ3n) is 7.47. The monoisotopic (exact) mass is 508 g/mol. The summed E-state index contributed by atoms with van der Waals surface area (Å²) in [5.41, 5.74) is 7.60. The Hall–Kier alpha value is -2.82. The second-order valence-corrected chi connectivity index (χ2v) is 12.5. The van der Waals surface area contributed by atoms with E-state index in [1.165, 1.54) is 44.9 Å². The fraction of sp³-hybridized carbons (Fsp3) is 0.250. The Kier molecular flexibility index (Phi) is 5.75. The van der Waals surface area contributed by atoms with Crippen LogP contribution in [0.5, 0.6) is 11.5 Å². The van der Waals surface area contributed by atoms with E-state index in [1.54, 1.807) is 0 Å². The smallest absolute Gasteiger partial charge is 0.119 e. The van der Waals surface area contributed by atoms with Crippen LogP contribution in [0.3, 0.4) is 0 Å². The summed E-state index contributed by atoms with van der Waals surface area (Å²) >= 11 is 3.94. The molecule has 0 saturated carbocycles. The highest BCUT2D eigenvalue weighted by Crippen LogP contribution is 2.51. The Labute approximate surface area is 221 Å². The van der Waals surface area contributed by atoms with E-state index in [0.29, 0.717) is 10.5 Å². The zero-order chi connectivity index (χ0) is 24.0. The van der Waals surface area contributed by atoms with Crippen molar-refractivity contribution in [2.75, 3.05) is 24.7 Å². The van der Waals surface area contributed by atoms with Crippen molar-refractivity contribution >= 4 is 23.5 Å². The lowest BCUT2D eigenvalue weighted by Gasteiger charge is -2.42. The molecule has 0 radical (unpaired) electrons. The lowest BCUT2D eigenvalue weighted by atomic mass is 9.60. The molecular weight excluding hydrogens is 480 g/mol. The SMILES string of the molecule is c1ccc2c(c1)Cc1ccccc1C2(c1ccc(OCC2CS2)cc1)c1ccc(OCC2CS2)cc1. The zero-order valence-electron chi connectivity index (χ0n) is 20.1. The van der Waals surface area contributed by atoms with Crippen LogP contribution in [0.15, 0.2) is 97.1 Å². The molecule has 36 heavy (non-hydrogen) atoms. The minimum atomic E-state index is -0.402. The van der Waals surface area contributed by atoms with Crippen molar-refractivity contribution in [3.8, 4) is 11.5 Å². The van der Waals surface area contributed by atoms with Gasteiger partial charge in [0.05, 0.1) is 5.41 Å². The Morgan fingerprint density at radius 3 is 1.42 bits per heavy atom. The molecule has 2 fully saturated rings. The van der Waals surface area contributed by atoms with Gasteiger partial charge in [0.1, 0.15) is 24.7 Å². The number of ether oxygens (including phenoxy) is 2. The second-order valence-electron chi connectivity index (χ2n) is 9.82. The van der Waals surface area contributed by atoms with E-state index in [-0.39, 0.29) is 0 Å². The number of benzene rings is 4. The first-order chi connectivity index (χ1) is 17.8. The molecule has 7 rings (SSSR count). The maximum Gasteiger partial charge on any atom is 0.119 e. The van der Waals surface area contributed by atoms with E-state index in [0.717, 1.165) is 31.1 Å². The second kappa shape index (κ2) is 9.24. The molecule has 0 aromatic heterocycles. The summed E-state index contributed by atoms with van der Waals surface area (Å²) in [6.07, 6.45) is 0.953. The Bertz CT molecular complexity index is 1270. The molecule has 3 aliphatic rings. The van der Waals surface area contributed by atoms with E-state index >= 15 is 0 Å². The molecule has 0 amide bonds. The van der Waals surface area contributed by atoms with Crippen molar-refractivity contribution in [2.45, 2.75) is 22.3 Å². The maximum absolute atomic E-state index is 6.08. The fourth-order valence-corrected chi connectivity index (χ4v) is 6.32. The molecule has 4 heteroatoms. The van der Waals surface area contributed by atoms with Crippen LogP contribution in [0, 0.1) is 0 Å². The van der Waals surface area contributed by atoms with Crippen LogP contribution in [0.25, 0.3) is 0 Å². The van der Waals surface area contributed by atoms with Crippen LogP contribution in [-0.2, 0) is 11.8 Å². The lowest BCUT2D eigenvalue weighted by Crippen LogP contribution is -2.36. The summed E-state index contributed by atoms with van der Waals surface area (Å²) in [7, 11) is 0. The predicted molar refractivity (Wildman–Crippen MR) is 151 cm³/mol. The summed E-state index contributed by atoms with van der Waals surface area (Å²) in [6.45, 7) is 1.59. The lowest BCUT2D eigenvalue weighted by molar-refractivity contribution is 0.329. The van der Waals surface area contributed by atoms with Gasteiger partial charge in [-0.3, -0.25) is 0 Å². The molecule has 2 heterocycles. The van der Waals surface area contributed by atoms with Gasteiger partial charge in [0.25, 0.3) is 0 Å². The molecule has 4 aromatic carbocycles. The van der Waals surface area contributed by atoms with E-state index in [9.17, 15) is 0 Å². The Morgan fingerprint density at radius 1 is 0.583 bits per heavy atom. The number of rotatable bonds is 8. The van der Waals surface area contributed by atoms with Gasteiger partial charge in [-0.25, -0.2) is 0 Å². The molecule has 4 aromatic rings. The van der Waals surface area contributed by atoms with Crippen molar-refractivity contribution in [1.82, 2.24) is 0 Å². The summed E-state index contributed by atoms with van der Waals surface area (Å²) in [5, 5.41) is 1.32. The predicted octanol–water partition coefficient (Wildman–Crippen LogP) is 6.96. The van der Waals surface area contributed by atoms with Crippen molar-refractivity contribution < 1.29 is 9.47 Å². The first-order valence-electron chi connectivity index (χ1n) is 12.7. The third-order valence-corrected chi connectivity index (χ3v) is 9.36. The highest BCUT2D eigenvalue weighted by molar-refractivity contribution is 8.07. The highest BCUT2D eigenvalue weighted by Gasteiger charge is 2.43. The minimum absolute atomic E-state index is 0.402. The molecule has 180 valence electrons. The van der Waals surface area contributed by atoms with Gasteiger partial charge in [-0.1, -0.05) is 72.8 Å². The highest BCUT2D eigenvalue weighted by atomic mass is 32.2. The van der Waals surface area contributed by atoms with Gasteiger partial charge in [0.2, 0.25) is 0 Å². The van der Waals surface area contributed by atoms with Crippen molar-refractivity contribution in [2.24, 2.45) is 0 Å². The van der Waals surface area contributed by atoms with Gasteiger partial charge in [-0.15, -0.1) is 0 Å². The summed E-state index contributed by atoms with van der Waals surface area (Å²) < 4.78 is 12.2. The van der Waals surface area contributed by atoms with Crippen LogP contribution in [0.1, 0.15) is 33.4 Å². The van der Waals surface area contributed by atoms with Crippen LogP contribution >= 0.6 is 23.5 Å². The minimum Gasteiger partial charge on any atom is -0.492 e. The Balaban J connectivity index is 1.37. The molecule has 1 aliphatic carbocycles. The summed E-state index contributed by atoms with van der Waals surface area (Å²) in [6, 6.07) is 35.5. The van der Waals surface area contributed by atoms with Crippen LogP contribution < -0.4 is 9.47 Å².